The van der Waals surface area contributed by atoms with E-state index in [1.54, 1.807) is 18.3 Å². The number of hydrogen-bond acceptors (Lipinski definition) is 6. The molecule has 8 heteroatoms. The number of nitrogens with two attached hydrogens (primary N) is 1. The lowest BCUT2D eigenvalue weighted by atomic mass is 10.1. The third-order valence-electron chi connectivity index (χ3n) is 4.25. The van der Waals surface area contributed by atoms with Crippen LogP contribution in [0.15, 0.2) is 58.7 Å². The average Bonchev–Trinajstić information content (AvgIpc) is 3.01. The van der Waals surface area contributed by atoms with Crippen LogP contribution in [0.25, 0.3) is 0 Å². The maximum atomic E-state index is 11.1. The molecule has 2 heterocycles. The van der Waals surface area contributed by atoms with Gasteiger partial charge in [-0.15, -0.1) is 0 Å². The van der Waals surface area contributed by atoms with Gasteiger partial charge in [-0.1, -0.05) is 37.7 Å². The molecule has 0 bridgehead atoms. The summed E-state index contributed by atoms with van der Waals surface area (Å²) in [6, 6.07) is 10.6. The van der Waals surface area contributed by atoms with Crippen molar-refractivity contribution >= 4 is 17.4 Å². The molecule has 28 heavy (non-hydrogen) atoms. The highest BCUT2D eigenvalue weighted by molar-refractivity contribution is 7.99. The molecule has 2 aromatic heterocycles. The van der Waals surface area contributed by atoms with Crippen molar-refractivity contribution in [1.29, 1.82) is 0 Å². The van der Waals surface area contributed by atoms with Gasteiger partial charge in [-0.25, -0.2) is 4.98 Å². The summed E-state index contributed by atoms with van der Waals surface area (Å²) in [6.07, 6.45) is 4.25. The Morgan fingerprint density at radius 2 is 2.11 bits per heavy atom. The van der Waals surface area contributed by atoms with E-state index in [4.69, 9.17) is 10.7 Å². The van der Waals surface area contributed by atoms with E-state index in [9.17, 15) is 10.1 Å². The molecule has 0 radical (unpaired) electrons. The smallest absolute Gasteiger partial charge is 0.270 e. The second-order valence-corrected chi connectivity index (χ2v) is 7.78. The molecule has 2 N–H and O–H groups in total. The standard InChI is InChI=1S/C20H23N5O2S/c1-14(2)19-20(28-17-7-3-6-16(11-17)25(26)27)24(18(23-19)8-9-21)13-15-5-4-10-22-12-15/h3-7,10-12,14H,8-9,13,21H2,1-2H3. The second-order valence-electron chi connectivity index (χ2n) is 6.72. The van der Waals surface area contributed by atoms with E-state index in [0.29, 0.717) is 19.5 Å². The lowest BCUT2D eigenvalue weighted by Crippen LogP contribution is -2.11. The van der Waals surface area contributed by atoms with Gasteiger partial charge in [0.1, 0.15) is 10.9 Å². The molecular formula is C20H23N5O2S. The zero-order valence-corrected chi connectivity index (χ0v) is 16.7. The fraction of sp³-hybridized carbons (Fsp3) is 0.300. The first-order valence-corrected chi connectivity index (χ1v) is 9.91. The van der Waals surface area contributed by atoms with Crippen LogP contribution in [0.2, 0.25) is 0 Å². The number of non-ortho nitro benzene ring substituents is 1. The van der Waals surface area contributed by atoms with Crippen LogP contribution in [0.5, 0.6) is 0 Å². The van der Waals surface area contributed by atoms with Crippen molar-refractivity contribution in [3.8, 4) is 0 Å². The van der Waals surface area contributed by atoms with E-state index in [1.807, 2.05) is 24.4 Å². The molecule has 3 rings (SSSR count). The molecule has 0 aliphatic rings. The predicted octanol–water partition coefficient (Wildman–Crippen LogP) is 4.01. The van der Waals surface area contributed by atoms with Crippen LogP contribution in [0.4, 0.5) is 5.69 Å². The molecule has 1 aromatic carbocycles. The van der Waals surface area contributed by atoms with Gasteiger partial charge >= 0.3 is 0 Å². The Kier molecular flexibility index (Phi) is 6.43. The van der Waals surface area contributed by atoms with Gasteiger partial charge in [-0.2, -0.15) is 0 Å². The van der Waals surface area contributed by atoms with E-state index in [-0.39, 0.29) is 16.5 Å². The fourth-order valence-electron chi connectivity index (χ4n) is 2.92. The number of pyridine rings is 1. The molecule has 0 amide bonds. The van der Waals surface area contributed by atoms with Gasteiger partial charge in [0.15, 0.2) is 0 Å². The third-order valence-corrected chi connectivity index (χ3v) is 5.36. The number of nitro groups is 1. The number of rotatable bonds is 8. The molecule has 0 unspecified atom stereocenters. The van der Waals surface area contributed by atoms with Crippen molar-refractivity contribution in [3.05, 3.63) is 76.0 Å². The van der Waals surface area contributed by atoms with E-state index in [2.05, 4.69) is 23.4 Å². The highest BCUT2D eigenvalue weighted by atomic mass is 32.2. The molecule has 7 nitrogen and oxygen atoms in total. The number of hydrogen-bond donors (Lipinski definition) is 1. The monoisotopic (exact) mass is 397 g/mol. The number of nitrogens with zero attached hydrogens (tertiary/aromatic N) is 4. The van der Waals surface area contributed by atoms with Gasteiger partial charge in [0.2, 0.25) is 0 Å². The Bertz CT molecular complexity index is 956. The Labute approximate surface area is 168 Å². The normalized spacial score (nSPS) is 11.1. The summed E-state index contributed by atoms with van der Waals surface area (Å²) < 4.78 is 2.16. The highest BCUT2D eigenvalue weighted by Crippen LogP contribution is 2.36. The van der Waals surface area contributed by atoms with Gasteiger partial charge in [0, 0.05) is 35.8 Å². The number of imidazole rings is 1. The van der Waals surface area contributed by atoms with Crippen LogP contribution in [0.1, 0.15) is 36.8 Å². The SMILES string of the molecule is CC(C)c1nc(CCN)n(Cc2cccnc2)c1Sc1cccc([N+](=O)[O-])c1. The van der Waals surface area contributed by atoms with Crippen molar-refractivity contribution in [2.24, 2.45) is 5.73 Å². The number of aromatic nitrogens is 3. The third kappa shape index (κ3) is 4.58. The summed E-state index contributed by atoms with van der Waals surface area (Å²) in [5.74, 6) is 1.14. The summed E-state index contributed by atoms with van der Waals surface area (Å²) in [5, 5.41) is 12.1. The van der Waals surface area contributed by atoms with Crippen molar-refractivity contribution in [2.75, 3.05) is 6.54 Å². The minimum absolute atomic E-state index is 0.0802. The zero-order chi connectivity index (χ0) is 20.1. The number of nitro benzene ring substituents is 1. The largest absolute Gasteiger partial charge is 0.330 e. The fourth-order valence-corrected chi connectivity index (χ4v) is 4.13. The van der Waals surface area contributed by atoms with E-state index >= 15 is 0 Å². The van der Waals surface area contributed by atoms with Gasteiger partial charge in [-0.3, -0.25) is 15.1 Å². The molecule has 0 fully saturated rings. The Morgan fingerprint density at radius 3 is 2.75 bits per heavy atom. The maximum absolute atomic E-state index is 11.1. The quantitative estimate of drug-likeness (QED) is 0.455. The Balaban J connectivity index is 2.06. The summed E-state index contributed by atoms with van der Waals surface area (Å²) >= 11 is 1.50. The minimum atomic E-state index is -0.375. The average molecular weight is 398 g/mol. The summed E-state index contributed by atoms with van der Waals surface area (Å²) in [7, 11) is 0. The Morgan fingerprint density at radius 1 is 1.29 bits per heavy atom. The van der Waals surface area contributed by atoms with E-state index in [0.717, 1.165) is 27.0 Å². The Hall–Kier alpha value is -2.71. The summed E-state index contributed by atoms with van der Waals surface area (Å²) in [6.45, 7) is 5.32. The minimum Gasteiger partial charge on any atom is -0.330 e. The van der Waals surface area contributed by atoms with Crippen molar-refractivity contribution < 1.29 is 4.92 Å². The van der Waals surface area contributed by atoms with Gasteiger partial charge in [-0.05, 0) is 30.2 Å². The zero-order valence-electron chi connectivity index (χ0n) is 15.9. The summed E-state index contributed by atoms with van der Waals surface area (Å²) in [5.41, 5.74) is 7.94. The molecule has 0 aliphatic heterocycles. The first-order chi connectivity index (χ1) is 13.5. The molecule has 146 valence electrons. The topological polar surface area (TPSA) is 99.9 Å². The first-order valence-electron chi connectivity index (χ1n) is 9.10. The van der Waals surface area contributed by atoms with Crippen LogP contribution in [0.3, 0.4) is 0 Å². The maximum Gasteiger partial charge on any atom is 0.270 e. The lowest BCUT2D eigenvalue weighted by molar-refractivity contribution is -0.385. The highest BCUT2D eigenvalue weighted by Gasteiger charge is 2.21. The van der Waals surface area contributed by atoms with Crippen molar-refractivity contribution in [1.82, 2.24) is 14.5 Å². The van der Waals surface area contributed by atoms with Gasteiger partial charge in [0.25, 0.3) is 5.69 Å². The van der Waals surface area contributed by atoms with Crippen molar-refractivity contribution in [2.45, 2.75) is 42.7 Å². The van der Waals surface area contributed by atoms with Gasteiger partial charge in [0.05, 0.1) is 17.2 Å². The summed E-state index contributed by atoms with van der Waals surface area (Å²) in [4.78, 5) is 20.6. The molecule has 0 saturated carbocycles. The first kappa shape index (κ1) is 20.0. The van der Waals surface area contributed by atoms with Crippen LogP contribution in [0, 0.1) is 10.1 Å². The van der Waals surface area contributed by atoms with Crippen LogP contribution in [-0.4, -0.2) is 26.0 Å². The molecule has 0 saturated heterocycles. The lowest BCUT2D eigenvalue weighted by Gasteiger charge is -2.13. The molecule has 0 spiro atoms. The second kappa shape index (κ2) is 8.99. The van der Waals surface area contributed by atoms with E-state index < -0.39 is 0 Å². The molecule has 0 aliphatic carbocycles. The molecule has 3 aromatic rings. The van der Waals surface area contributed by atoms with E-state index in [1.165, 1.54) is 17.8 Å². The van der Waals surface area contributed by atoms with Crippen LogP contribution in [-0.2, 0) is 13.0 Å². The predicted molar refractivity (Wildman–Crippen MR) is 110 cm³/mol. The molecular weight excluding hydrogens is 374 g/mol. The molecule has 0 atom stereocenters. The van der Waals surface area contributed by atoms with Gasteiger partial charge < -0.3 is 10.3 Å². The van der Waals surface area contributed by atoms with Crippen LogP contribution < -0.4 is 5.73 Å². The van der Waals surface area contributed by atoms with Crippen molar-refractivity contribution in [3.63, 3.8) is 0 Å². The van der Waals surface area contributed by atoms with Crippen LogP contribution >= 0.6 is 11.8 Å². The number of benzene rings is 1.